The van der Waals surface area contributed by atoms with Gasteiger partial charge in [0.25, 0.3) is 0 Å². The average Bonchev–Trinajstić information content (AvgIpc) is 3.08. The first-order chi connectivity index (χ1) is 15.7. The molecule has 0 unspecified atom stereocenters. The number of H-pyrrole nitrogens is 1. The van der Waals surface area contributed by atoms with E-state index >= 15 is 0 Å². The third kappa shape index (κ3) is 6.95. The molecule has 0 saturated carbocycles. The maximum atomic E-state index is 11.4. The van der Waals surface area contributed by atoms with Crippen LogP contribution >= 0.6 is 0 Å². The molecule has 1 heterocycles. The van der Waals surface area contributed by atoms with E-state index in [2.05, 4.69) is 15.0 Å². The minimum absolute atomic E-state index is 0.0249. The highest BCUT2D eigenvalue weighted by atomic mass is 32.2. The van der Waals surface area contributed by atoms with Crippen LogP contribution in [-0.2, 0) is 27.7 Å². The van der Waals surface area contributed by atoms with Crippen molar-refractivity contribution in [2.45, 2.75) is 25.9 Å². The van der Waals surface area contributed by atoms with E-state index in [0.717, 1.165) is 28.4 Å². The van der Waals surface area contributed by atoms with Gasteiger partial charge in [0.1, 0.15) is 12.4 Å². The van der Waals surface area contributed by atoms with E-state index in [4.69, 9.17) is 9.84 Å². The molecule has 0 aliphatic heterocycles. The van der Waals surface area contributed by atoms with Crippen LogP contribution in [0, 0.1) is 0 Å². The van der Waals surface area contributed by atoms with Crippen LogP contribution in [0.5, 0.6) is 5.75 Å². The maximum absolute atomic E-state index is 11.4. The zero-order valence-corrected chi connectivity index (χ0v) is 19.4. The number of aryl methyl sites for hydroxylation is 1. The third-order valence-corrected chi connectivity index (χ3v) is 5.71. The topological polar surface area (TPSA) is 141 Å². The zero-order valence-electron chi connectivity index (χ0n) is 18.6. The highest BCUT2D eigenvalue weighted by Gasteiger charge is 2.14. The number of nitrogens with one attached hydrogen (secondary N) is 3. The van der Waals surface area contributed by atoms with Gasteiger partial charge in [-0.2, -0.15) is 0 Å². The summed E-state index contributed by atoms with van der Waals surface area (Å²) in [7, 11) is -3.38. The Labute approximate surface area is 192 Å². The van der Waals surface area contributed by atoms with Crippen LogP contribution in [0.2, 0.25) is 0 Å². The number of aliphatic carboxylic acids is 1. The molecule has 3 rings (SSSR count). The Kier molecular flexibility index (Phi) is 7.96. The van der Waals surface area contributed by atoms with Crippen molar-refractivity contribution >= 4 is 32.6 Å². The van der Waals surface area contributed by atoms with Crippen LogP contribution in [0.15, 0.2) is 42.5 Å². The fourth-order valence-electron chi connectivity index (χ4n) is 3.66. The Hall–Kier alpha value is -3.08. The van der Waals surface area contributed by atoms with E-state index in [1.54, 1.807) is 24.3 Å². The van der Waals surface area contributed by atoms with Crippen molar-refractivity contribution in [3.63, 3.8) is 0 Å². The number of aliphatic hydroxyl groups is 1. The number of aromatic nitrogens is 1. The number of ether oxygens (including phenoxy) is 1. The summed E-state index contributed by atoms with van der Waals surface area (Å²) in [5, 5.41) is 23.5. The summed E-state index contributed by atoms with van der Waals surface area (Å²) in [5.41, 5.74) is 3.55. The molecule has 0 bridgehead atoms. The van der Waals surface area contributed by atoms with E-state index in [1.807, 2.05) is 25.1 Å². The molecular weight excluding hydrogens is 446 g/mol. The summed E-state index contributed by atoms with van der Waals surface area (Å²) in [5.74, 6) is -0.201. The molecule has 1 atom stereocenters. The molecule has 0 aliphatic carbocycles. The summed E-state index contributed by atoms with van der Waals surface area (Å²) in [6.07, 6.45) is 0.959. The molecule has 0 amide bonds. The fraction of sp³-hybridized carbons (Fsp3) is 0.348. The number of sulfonamides is 1. The van der Waals surface area contributed by atoms with E-state index in [1.165, 1.54) is 0 Å². The van der Waals surface area contributed by atoms with E-state index < -0.39 is 22.1 Å². The summed E-state index contributed by atoms with van der Waals surface area (Å²) >= 11 is 0. The molecular formula is C23H29N3O6S. The van der Waals surface area contributed by atoms with Crippen LogP contribution in [0.4, 0.5) is 5.69 Å². The highest BCUT2D eigenvalue weighted by molar-refractivity contribution is 7.92. The largest absolute Gasteiger partial charge is 0.492 e. The van der Waals surface area contributed by atoms with Crippen LogP contribution < -0.4 is 14.8 Å². The van der Waals surface area contributed by atoms with E-state index in [9.17, 15) is 18.3 Å². The number of aliphatic hydroxyl groups excluding tert-OH is 1. The molecule has 9 nitrogen and oxygen atoms in total. The number of aromatic amines is 1. The van der Waals surface area contributed by atoms with Gasteiger partial charge in [-0.15, -0.1) is 0 Å². The van der Waals surface area contributed by atoms with E-state index in [-0.39, 0.29) is 13.0 Å². The molecule has 0 spiro atoms. The summed E-state index contributed by atoms with van der Waals surface area (Å²) in [6.45, 7) is 3.12. The van der Waals surface area contributed by atoms with Crippen LogP contribution in [0.25, 0.3) is 10.9 Å². The van der Waals surface area contributed by atoms with Crippen LogP contribution in [0.1, 0.15) is 29.8 Å². The normalized spacial score (nSPS) is 12.6. The Morgan fingerprint density at radius 3 is 2.70 bits per heavy atom. The smallest absolute Gasteiger partial charge is 0.307 e. The average molecular weight is 476 g/mol. The molecule has 3 aromatic rings. The first kappa shape index (κ1) is 24.6. The predicted octanol–water partition coefficient (Wildman–Crippen LogP) is 2.43. The second-order valence-corrected chi connectivity index (χ2v) is 9.53. The van der Waals surface area contributed by atoms with Crippen LogP contribution in [0.3, 0.4) is 0 Å². The first-order valence-corrected chi connectivity index (χ1v) is 12.5. The predicted molar refractivity (Wildman–Crippen MR) is 127 cm³/mol. The fourth-order valence-corrected chi connectivity index (χ4v) is 4.21. The number of rotatable bonds is 12. The van der Waals surface area contributed by atoms with E-state index in [0.29, 0.717) is 36.6 Å². The number of benzene rings is 2. The summed E-state index contributed by atoms with van der Waals surface area (Å²) in [6, 6.07) is 12.2. The summed E-state index contributed by atoms with van der Waals surface area (Å²) < 4.78 is 30.9. The van der Waals surface area contributed by atoms with Crippen molar-refractivity contribution in [1.29, 1.82) is 0 Å². The lowest BCUT2D eigenvalue weighted by molar-refractivity contribution is -0.136. The number of carboxylic acid groups (broad SMARTS) is 1. The van der Waals surface area contributed by atoms with Gasteiger partial charge < -0.3 is 25.3 Å². The van der Waals surface area contributed by atoms with Gasteiger partial charge in [-0.05, 0) is 41.8 Å². The lowest BCUT2D eigenvalue weighted by Crippen LogP contribution is -2.26. The molecule has 0 aliphatic rings. The second-order valence-electron chi connectivity index (χ2n) is 7.78. The molecule has 10 heteroatoms. The Balaban J connectivity index is 1.51. The van der Waals surface area contributed by atoms with Crippen LogP contribution in [-0.4, -0.2) is 55.5 Å². The van der Waals surface area contributed by atoms with Crippen molar-refractivity contribution in [2.24, 2.45) is 0 Å². The van der Waals surface area contributed by atoms with Crippen molar-refractivity contribution < 1.29 is 28.2 Å². The molecule has 0 saturated heterocycles. The van der Waals surface area contributed by atoms with Gasteiger partial charge in [0.05, 0.1) is 18.8 Å². The van der Waals surface area contributed by atoms with Gasteiger partial charge in [0.15, 0.2) is 0 Å². The second kappa shape index (κ2) is 10.7. The lowest BCUT2D eigenvalue weighted by atomic mass is 10.1. The van der Waals surface area contributed by atoms with Gasteiger partial charge in [0.2, 0.25) is 10.0 Å². The maximum Gasteiger partial charge on any atom is 0.307 e. The summed E-state index contributed by atoms with van der Waals surface area (Å²) in [4.78, 5) is 14.4. The standard InChI is InChI=1S/C23H29N3O6S/c1-3-20-19(13-23(28)29)18-8-7-17(12-21(18)25-20)32-10-9-24-14-22(27)15-5-4-6-16(11-15)26-33(2,30)31/h4-8,11-12,22,24-27H,3,9-10,13-14H2,1-2H3,(H,28,29)/t22-/m0/s1. The monoisotopic (exact) mass is 475 g/mol. The number of hydrogen-bond donors (Lipinski definition) is 5. The Morgan fingerprint density at radius 2 is 2.00 bits per heavy atom. The van der Waals surface area contributed by atoms with Crippen molar-refractivity contribution in [2.75, 3.05) is 30.7 Å². The lowest BCUT2D eigenvalue weighted by Gasteiger charge is -2.14. The number of anilines is 1. The van der Waals surface area contributed by atoms with Crippen molar-refractivity contribution in [1.82, 2.24) is 10.3 Å². The van der Waals surface area contributed by atoms with Crippen molar-refractivity contribution in [3.05, 3.63) is 59.3 Å². The Bertz CT molecular complexity index is 1220. The number of carboxylic acids is 1. The first-order valence-electron chi connectivity index (χ1n) is 10.6. The Morgan fingerprint density at radius 1 is 1.21 bits per heavy atom. The molecule has 1 aromatic heterocycles. The molecule has 0 fully saturated rings. The minimum atomic E-state index is -3.38. The quantitative estimate of drug-likeness (QED) is 0.253. The van der Waals surface area contributed by atoms with Gasteiger partial charge in [-0.1, -0.05) is 19.1 Å². The number of carbonyl (C=O) groups is 1. The molecule has 2 aromatic carbocycles. The zero-order chi connectivity index (χ0) is 24.0. The van der Waals surface area contributed by atoms with Gasteiger partial charge >= 0.3 is 5.97 Å². The SMILES string of the molecule is CCc1[nH]c2cc(OCCNC[C@H](O)c3cccc(NS(C)(=O)=O)c3)ccc2c1CC(=O)O. The van der Waals surface area contributed by atoms with Gasteiger partial charge in [-0.25, -0.2) is 8.42 Å². The molecule has 178 valence electrons. The highest BCUT2D eigenvalue weighted by Crippen LogP contribution is 2.27. The number of fused-ring (bicyclic) bond motifs is 1. The van der Waals surface area contributed by atoms with Crippen molar-refractivity contribution in [3.8, 4) is 5.75 Å². The molecule has 5 N–H and O–H groups in total. The molecule has 33 heavy (non-hydrogen) atoms. The number of hydrogen-bond acceptors (Lipinski definition) is 6. The minimum Gasteiger partial charge on any atom is -0.492 e. The van der Waals surface area contributed by atoms with Gasteiger partial charge in [0, 0.05) is 41.4 Å². The molecule has 0 radical (unpaired) electrons. The van der Waals surface area contributed by atoms with Gasteiger partial charge in [-0.3, -0.25) is 9.52 Å². The third-order valence-electron chi connectivity index (χ3n) is 5.11.